The zero-order chi connectivity index (χ0) is 9.90. The third kappa shape index (κ3) is 2.69. The Balaban J connectivity index is 2.74. The molecule has 0 fully saturated rings. The third-order valence-electron chi connectivity index (χ3n) is 2.32. The van der Waals surface area contributed by atoms with E-state index in [1.54, 1.807) is 6.26 Å². The molecular weight excluding hydrogens is 277 g/mol. The van der Waals surface area contributed by atoms with Crippen molar-refractivity contribution in [1.29, 1.82) is 0 Å². The summed E-state index contributed by atoms with van der Waals surface area (Å²) in [4.78, 5) is 0. The van der Waals surface area contributed by atoms with Crippen molar-refractivity contribution in [3.05, 3.63) is 15.5 Å². The van der Waals surface area contributed by atoms with Crippen LogP contribution in [0.25, 0.3) is 0 Å². The van der Waals surface area contributed by atoms with Crippen molar-refractivity contribution in [2.45, 2.75) is 45.4 Å². The Hall–Kier alpha value is -0.0600. The molecule has 0 saturated carbocycles. The Morgan fingerprint density at radius 1 is 1.54 bits per heavy atom. The summed E-state index contributed by atoms with van der Waals surface area (Å²) in [6, 6.07) is 0. The highest BCUT2D eigenvalue weighted by Gasteiger charge is 2.25. The fourth-order valence-electron chi connectivity index (χ4n) is 1.41. The minimum atomic E-state index is 0.152. The molecule has 74 valence electrons. The van der Waals surface area contributed by atoms with Crippen LogP contribution >= 0.6 is 22.6 Å². The van der Waals surface area contributed by atoms with Gasteiger partial charge in [0.05, 0.1) is 3.57 Å². The number of hydrogen-bond donors (Lipinski definition) is 0. The van der Waals surface area contributed by atoms with Crippen LogP contribution in [0.2, 0.25) is 0 Å². The molecule has 0 aliphatic heterocycles. The highest BCUT2D eigenvalue weighted by molar-refractivity contribution is 14.1. The second-order valence-corrected chi connectivity index (χ2v) is 5.16. The van der Waals surface area contributed by atoms with E-state index in [0.717, 1.165) is 9.26 Å². The SMILES string of the molecule is CCCCC(C)(C)c1nocc1I. The van der Waals surface area contributed by atoms with Gasteiger partial charge in [0, 0.05) is 5.41 Å². The van der Waals surface area contributed by atoms with Gasteiger partial charge in [0.15, 0.2) is 0 Å². The van der Waals surface area contributed by atoms with Crippen LogP contribution in [0, 0.1) is 3.57 Å². The summed E-state index contributed by atoms with van der Waals surface area (Å²) in [7, 11) is 0. The minimum absolute atomic E-state index is 0.152. The van der Waals surface area contributed by atoms with E-state index in [-0.39, 0.29) is 5.41 Å². The normalized spacial score (nSPS) is 12.0. The smallest absolute Gasteiger partial charge is 0.137 e. The van der Waals surface area contributed by atoms with Crippen molar-refractivity contribution in [3.8, 4) is 0 Å². The Labute approximate surface area is 93.2 Å². The molecule has 0 unspecified atom stereocenters. The molecule has 1 rings (SSSR count). The van der Waals surface area contributed by atoms with Crippen LogP contribution in [-0.2, 0) is 5.41 Å². The topological polar surface area (TPSA) is 26.0 Å². The standard InChI is InChI=1S/C10H16INO/c1-4-5-6-10(2,3)9-8(11)7-13-12-9/h7H,4-6H2,1-3H3. The van der Waals surface area contributed by atoms with E-state index in [9.17, 15) is 0 Å². The van der Waals surface area contributed by atoms with Gasteiger partial charge in [-0.25, -0.2) is 0 Å². The zero-order valence-electron chi connectivity index (χ0n) is 8.43. The molecule has 0 atom stereocenters. The van der Waals surface area contributed by atoms with Gasteiger partial charge >= 0.3 is 0 Å². The van der Waals surface area contributed by atoms with Crippen molar-refractivity contribution < 1.29 is 4.52 Å². The second-order valence-electron chi connectivity index (χ2n) is 4.00. The lowest BCUT2D eigenvalue weighted by Crippen LogP contribution is -2.18. The van der Waals surface area contributed by atoms with E-state index in [0.29, 0.717) is 0 Å². The Bertz CT molecular complexity index is 268. The molecule has 1 heterocycles. The van der Waals surface area contributed by atoms with Crippen LogP contribution in [-0.4, -0.2) is 5.16 Å². The number of unbranched alkanes of at least 4 members (excludes halogenated alkanes) is 1. The van der Waals surface area contributed by atoms with Crippen LogP contribution in [0.4, 0.5) is 0 Å². The van der Waals surface area contributed by atoms with Gasteiger partial charge < -0.3 is 4.52 Å². The molecule has 1 aromatic rings. The van der Waals surface area contributed by atoms with Gasteiger partial charge in [-0.2, -0.15) is 0 Å². The predicted molar refractivity (Wildman–Crippen MR) is 61.8 cm³/mol. The average molecular weight is 293 g/mol. The van der Waals surface area contributed by atoms with Crippen molar-refractivity contribution in [2.24, 2.45) is 0 Å². The van der Waals surface area contributed by atoms with Gasteiger partial charge in [0.1, 0.15) is 12.0 Å². The van der Waals surface area contributed by atoms with Gasteiger partial charge in [-0.05, 0) is 29.0 Å². The van der Waals surface area contributed by atoms with Crippen LogP contribution in [0.5, 0.6) is 0 Å². The van der Waals surface area contributed by atoms with Crippen LogP contribution in [0.1, 0.15) is 45.7 Å². The van der Waals surface area contributed by atoms with E-state index in [1.165, 1.54) is 19.3 Å². The quantitative estimate of drug-likeness (QED) is 0.790. The highest BCUT2D eigenvalue weighted by Crippen LogP contribution is 2.30. The lowest BCUT2D eigenvalue weighted by Gasteiger charge is -2.21. The molecule has 3 heteroatoms. The van der Waals surface area contributed by atoms with E-state index in [1.807, 2.05) is 0 Å². The zero-order valence-corrected chi connectivity index (χ0v) is 10.6. The molecule has 13 heavy (non-hydrogen) atoms. The first-order chi connectivity index (χ1) is 6.08. The lowest BCUT2D eigenvalue weighted by atomic mass is 9.84. The van der Waals surface area contributed by atoms with Crippen molar-refractivity contribution in [2.75, 3.05) is 0 Å². The molecule has 0 N–H and O–H groups in total. The number of nitrogens with zero attached hydrogens (tertiary/aromatic N) is 1. The van der Waals surface area contributed by atoms with Crippen molar-refractivity contribution in [1.82, 2.24) is 5.16 Å². The molecular formula is C10H16INO. The lowest BCUT2D eigenvalue weighted by molar-refractivity contribution is 0.371. The molecule has 0 spiro atoms. The fraction of sp³-hybridized carbons (Fsp3) is 0.700. The van der Waals surface area contributed by atoms with Gasteiger partial charge in [-0.15, -0.1) is 0 Å². The first-order valence-electron chi connectivity index (χ1n) is 4.68. The van der Waals surface area contributed by atoms with Crippen LogP contribution < -0.4 is 0 Å². The summed E-state index contributed by atoms with van der Waals surface area (Å²) in [5.41, 5.74) is 1.25. The molecule has 0 radical (unpaired) electrons. The Kier molecular flexibility index (Phi) is 3.76. The highest BCUT2D eigenvalue weighted by atomic mass is 127. The number of rotatable bonds is 4. The van der Waals surface area contributed by atoms with Crippen LogP contribution in [0.3, 0.4) is 0 Å². The van der Waals surface area contributed by atoms with Gasteiger partial charge in [0.2, 0.25) is 0 Å². The molecule has 2 nitrogen and oxygen atoms in total. The molecule has 0 aliphatic rings. The molecule has 1 aromatic heterocycles. The van der Waals surface area contributed by atoms with E-state index < -0.39 is 0 Å². The summed E-state index contributed by atoms with van der Waals surface area (Å²) in [5, 5.41) is 4.06. The van der Waals surface area contributed by atoms with Gasteiger partial charge in [-0.1, -0.05) is 38.8 Å². The monoisotopic (exact) mass is 293 g/mol. The Morgan fingerprint density at radius 3 is 2.69 bits per heavy atom. The van der Waals surface area contributed by atoms with Crippen molar-refractivity contribution >= 4 is 22.6 Å². The minimum Gasteiger partial charge on any atom is -0.363 e. The third-order valence-corrected chi connectivity index (χ3v) is 3.09. The van der Waals surface area contributed by atoms with Crippen molar-refractivity contribution in [3.63, 3.8) is 0 Å². The molecule has 0 amide bonds. The number of aromatic nitrogens is 1. The van der Waals surface area contributed by atoms with E-state index in [2.05, 4.69) is 48.5 Å². The van der Waals surface area contributed by atoms with Gasteiger partial charge in [0.25, 0.3) is 0 Å². The predicted octanol–water partition coefficient (Wildman–Crippen LogP) is 3.75. The maximum absolute atomic E-state index is 4.95. The first-order valence-corrected chi connectivity index (χ1v) is 5.76. The largest absolute Gasteiger partial charge is 0.363 e. The fourth-order valence-corrected chi connectivity index (χ4v) is 2.35. The maximum Gasteiger partial charge on any atom is 0.137 e. The Morgan fingerprint density at radius 2 is 2.23 bits per heavy atom. The molecule has 0 aliphatic carbocycles. The average Bonchev–Trinajstić information content (AvgIpc) is 2.48. The van der Waals surface area contributed by atoms with Gasteiger partial charge in [-0.3, -0.25) is 0 Å². The summed E-state index contributed by atoms with van der Waals surface area (Å²) < 4.78 is 6.09. The maximum atomic E-state index is 4.95. The van der Waals surface area contributed by atoms with E-state index in [4.69, 9.17) is 4.52 Å². The first kappa shape index (κ1) is 11.0. The number of halogens is 1. The van der Waals surface area contributed by atoms with E-state index >= 15 is 0 Å². The molecule has 0 saturated heterocycles. The summed E-state index contributed by atoms with van der Waals surface area (Å²) in [6.45, 7) is 6.66. The second kappa shape index (κ2) is 4.44. The molecule has 0 bridgehead atoms. The summed E-state index contributed by atoms with van der Waals surface area (Å²) in [6.07, 6.45) is 5.36. The summed E-state index contributed by atoms with van der Waals surface area (Å²) in [5.74, 6) is 0. The number of hydrogen-bond acceptors (Lipinski definition) is 2. The van der Waals surface area contributed by atoms with Crippen LogP contribution in [0.15, 0.2) is 10.8 Å². The summed E-state index contributed by atoms with van der Waals surface area (Å²) >= 11 is 2.28. The molecule has 0 aromatic carbocycles.